The lowest BCUT2D eigenvalue weighted by Crippen LogP contribution is -2.20. The molecule has 4 nitrogen and oxygen atoms in total. The summed E-state index contributed by atoms with van der Waals surface area (Å²) < 4.78 is 15.7. The predicted octanol–water partition coefficient (Wildman–Crippen LogP) is 1.65. The van der Waals surface area contributed by atoms with E-state index >= 15 is 0 Å². The summed E-state index contributed by atoms with van der Waals surface area (Å²) in [7, 11) is 1.67. The van der Waals surface area contributed by atoms with E-state index in [-0.39, 0.29) is 0 Å². The normalized spacial score (nSPS) is 10.9. The van der Waals surface area contributed by atoms with E-state index in [9.17, 15) is 0 Å². The van der Waals surface area contributed by atoms with Crippen molar-refractivity contribution in [1.82, 2.24) is 5.32 Å². The van der Waals surface area contributed by atoms with Crippen molar-refractivity contribution >= 4 is 0 Å². The van der Waals surface area contributed by atoms with Gasteiger partial charge in [-0.1, -0.05) is 0 Å². The van der Waals surface area contributed by atoms with Gasteiger partial charge in [0.25, 0.3) is 0 Å². The molecule has 0 spiro atoms. The number of hydrogen-bond acceptors (Lipinski definition) is 4. The molecule has 0 unspecified atom stereocenters. The highest BCUT2D eigenvalue weighted by Crippen LogP contribution is 2.12. The second-order valence-corrected chi connectivity index (χ2v) is 3.72. The molecule has 1 rings (SSSR count). The highest BCUT2D eigenvalue weighted by Gasteiger charge is 2.02. The van der Waals surface area contributed by atoms with Crippen LogP contribution in [0.25, 0.3) is 0 Å². The lowest BCUT2D eigenvalue weighted by molar-refractivity contribution is 0.0719. The van der Waals surface area contributed by atoms with Crippen LogP contribution < -0.4 is 5.32 Å². The zero-order valence-corrected chi connectivity index (χ0v) is 10.3. The first-order chi connectivity index (χ1) is 7.74. The second kappa shape index (κ2) is 7.44. The maximum Gasteiger partial charge on any atom is 0.105 e. The minimum atomic E-state index is 0.653. The van der Waals surface area contributed by atoms with E-state index in [1.807, 2.05) is 13.8 Å². The van der Waals surface area contributed by atoms with E-state index in [0.29, 0.717) is 19.8 Å². The fourth-order valence-electron chi connectivity index (χ4n) is 1.47. The summed E-state index contributed by atoms with van der Waals surface area (Å²) in [5, 5.41) is 3.31. The zero-order chi connectivity index (χ0) is 11.8. The molecule has 1 aromatic heterocycles. The first-order valence-electron chi connectivity index (χ1n) is 5.57. The summed E-state index contributed by atoms with van der Waals surface area (Å²) in [6.07, 6.45) is 0. The molecule has 0 aliphatic carbocycles. The molecular weight excluding hydrogens is 206 g/mol. The summed E-state index contributed by atoms with van der Waals surface area (Å²) >= 11 is 0. The van der Waals surface area contributed by atoms with Crippen LogP contribution in [-0.2, 0) is 16.0 Å². The topological polar surface area (TPSA) is 43.6 Å². The molecule has 16 heavy (non-hydrogen) atoms. The predicted molar refractivity (Wildman–Crippen MR) is 62.6 cm³/mol. The minimum absolute atomic E-state index is 0.653. The van der Waals surface area contributed by atoms with E-state index in [1.54, 1.807) is 7.11 Å². The monoisotopic (exact) mass is 227 g/mol. The Kier molecular flexibility index (Phi) is 6.15. The number of methoxy groups -OCH3 is 1. The summed E-state index contributed by atoms with van der Waals surface area (Å²) in [6, 6.07) is 2.06. The molecule has 92 valence electrons. The highest BCUT2D eigenvalue weighted by molar-refractivity contribution is 5.19. The number of nitrogens with one attached hydrogen (secondary N) is 1. The van der Waals surface area contributed by atoms with Gasteiger partial charge in [-0.05, 0) is 19.9 Å². The van der Waals surface area contributed by atoms with Crippen molar-refractivity contribution in [1.29, 1.82) is 0 Å². The van der Waals surface area contributed by atoms with Crippen LogP contribution in [0.2, 0.25) is 0 Å². The van der Waals surface area contributed by atoms with E-state index in [1.165, 1.54) is 5.56 Å². The van der Waals surface area contributed by atoms with Gasteiger partial charge in [-0.25, -0.2) is 0 Å². The van der Waals surface area contributed by atoms with Crippen molar-refractivity contribution in [3.8, 4) is 0 Å². The average Bonchev–Trinajstić information content (AvgIpc) is 2.56. The molecule has 0 amide bonds. The van der Waals surface area contributed by atoms with Gasteiger partial charge in [0.15, 0.2) is 0 Å². The molecule has 0 fully saturated rings. The van der Waals surface area contributed by atoms with Crippen LogP contribution in [0.5, 0.6) is 0 Å². The molecule has 0 aromatic carbocycles. The first-order valence-corrected chi connectivity index (χ1v) is 5.57. The van der Waals surface area contributed by atoms with Crippen molar-refractivity contribution in [2.75, 3.05) is 33.5 Å². The van der Waals surface area contributed by atoms with Gasteiger partial charge in [0.05, 0.1) is 19.8 Å². The van der Waals surface area contributed by atoms with Crippen molar-refractivity contribution in [2.24, 2.45) is 0 Å². The quantitative estimate of drug-likeness (QED) is 0.686. The summed E-state index contributed by atoms with van der Waals surface area (Å²) in [5.74, 6) is 1.95. The van der Waals surface area contributed by atoms with Gasteiger partial charge in [-0.3, -0.25) is 0 Å². The Balaban J connectivity index is 2.05. The third kappa shape index (κ3) is 4.79. The van der Waals surface area contributed by atoms with Gasteiger partial charge in [0, 0.05) is 25.8 Å². The van der Waals surface area contributed by atoms with Gasteiger partial charge in [-0.2, -0.15) is 0 Å². The standard InChI is InChI=1S/C12H21NO3/c1-10-8-12(11(2)16-10)9-13-4-5-15-7-6-14-3/h8,13H,4-7,9H2,1-3H3. The molecule has 0 aliphatic rings. The van der Waals surface area contributed by atoms with Crippen molar-refractivity contribution < 1.29 is 13.9 Å². The van der Waals surface area contributed by atoms with E-state index in [2.05, 4.69) is 11.4 Å². The van der Waals surface area contributed by atoms with Crippen molar-refractivity contribution in [3.05, 3.63) is 23.2 Å². The van der Waals surface area contributed by atoms with E-state index < -0.39 is 0 Å². The molecule has 0 saturated carbocycles. The Labute approximate surface area is 96.9 Å². The molecule has 1 aromatic rings. The first kappa shape index (κ1) is 13.2. The Morgan fingerprint density at radius 3 is 2.69 bits per heavy atom. The Hall–Kier alpha value is -0.840. The Bertz CT molecular complexity index is 296. The smallest absolute Gasteiger partial charge is 0.105 e. The molecule has 1 N–H and O–H groups in total. The van der Waals surface area contributed by atoms with Crippen molar-refractivity contribution in [3.63, 3.8) is 0 Å². The third-order valence-electron chi connectivity index (χ3n) is 2.31. The van der Waals surface area contributed by atoms with Crippen LogP contribution in [0.4, 0.5) is 0 Å². The number of aryl methyl sites for hydroxylation is 2. The SMILES string of the molecule is COCCOCCNCc1cc(C)oc1C. The number of rotatable bonds is 8. The number of furan rings is 1. The fraction of sp³-hybridized carbons (Fsp3) is 0.667. The van der Waals surface area contributed by atoms with Crippen molar-refractivity contribution in [2.45, 2.75) is 20.4 Å². The molecule has 0 bridgehead atoms. The van der Waals surface area contributed by atoms with Gasteiger partial charge in [0.2, 0.25) is 0 Å². The van der Waals surface area contributed by atoms with Crippen LogP contribution >= 0.6 is 0 Å². The molecular formula is C12H21NO3. The largest absolute Gasteiger partial charge is 0.466 e. The van der Waals surface area contributed by atoms with E-state index in [4.69, 9.17) is 13.9 Å². The average molecular weight is 227 g/mol. The molecule has 0 atom stereocenters. The Morgan fingerprint density at radius 1 is 1.25 bits per heavy atom. The van der Waals surface area contributed by atoms with Crippen LogP contribution in [0.3, 0.4) is 0 Å². The minimum Gasteiger partial charge on any atom is -0.466 e. The molecule has 0 saturated heterocycles. The van der Waals surface area contributed by atoms with Gasteiger partial charge in [-0.15, -0.1) is 0 Å². The molecule has 1 heterocycles. The van der Waals surface area contributed by atoms with E-state index in [0.717, 1.165) is 24.6 Å². The van der Waals surface area contributed by atoms with Gasteiger partial charge in [0.1, 0.15) is 11.5 Å². The second-order valence-electron chi connectivity index (χ2n) is 3.72. The maximum atomic E-state index is 5.44. The van der Waals surface area contributed by atoms with Gasteiger partial charge < -0.3 is 19.2 Å². The highest BCUT2D eigenvalue weighted by atomic mass is 16.5. The van der Waals surface area contributed by atoms with Crippen LogP contribution in [0.15, 0.2) is 10.5 Å². The number of hydrogen-bond donors (Lipinski definition) is 1. The summed E-state index contributed by atoms with van der Waals surface area (Å²) in [6.45, 7) is 7.63. The van der Waals surface area contributed by atoms with Gasteiger partial charge >= 0.3 is 0 Å². The maximum absolute atomic E-state index is 5.44. The van der Waals surface area contributed by atoms with Crippen LogP contribution in [0.1, 0.15) is 17.1 Å². The lowest BCUT2D eigenvalue weighted by atomic mass is 10.2. The lowest BCUT2D eigenvalue weighted by Gasteiger charge is -2.05. The third-order valence-corrected chi connectivity index (χ3v) is 2.31. The molecule has 0 aliphatic heterocycles. The fourth-order valence-corrected chi connectivity index (χ4v) is 1.47. The Morgan fingerprint density at radius 2 is 2.06 bits per heavy atom. The molecule has 0 radical (unpaired) electrons. The summed E-state index contributed by atoms with van der Waals surface area (Å²) in [5.41, 5.74) is 1.22. The van der Waals surface area contributed by atoms with Crippen LogP contribution in [0, 0.1) is 13.8 Å². The van der Waals surface area contributed by atoms with Crippen LogP contribution in [-0.4, -0.2) is 33.5 Å². The molecule has 4 heteroatoms. The summed E-state index contributed by atoms with van der Waals surface area (Å²) in [4.78, 5) is 0. The number of ether oxygens (including phenoxy) is 2. The zero-order valence-electron chi connectivity index (χ0n) is 10.3.